The Kier molecular flexibility index (Phi) is 4.20. The van der Waals surface area contributed by atoms with Crippen molar-refractivity contribution in [1.29, 1.82) is 0 Å². The summed E-state index contributed by atoms with van der Waals surface area (Å²) in [5.41, 5.74) is 1.82. The van der Waals surface area contributed by atoms with E-state index in [-0.39, 0.29) is 0 Å². The van der Waals surface area contributed by atoms with Gasteiger partial charge in [0.1, 0.15) is 6.61 Å². The van der Waals surface area contributed by atoms with E-state index < -0.39 is 0 Å². The Morgan fingerprint density at radius 1 is 1.09 bits per heavy atom. The van der Waals surface area contributed by atoms with Crippen molar-refractivity contribution in [3.8, 4) is 22.9 Å². The number of tetrazole rings is 1. The van der Waals surface area contributed by atoms with Crippen LogP contribution in [0.1, 0.15) is 5.56 Å². The molecular formula is C15H13ClN4O2. The molecule has 3 aromatic rings. The zero-order valence-corrected chi connectivity index (χ0v) is 12.5. The number of methoxy groups -OCH3 is 1. The molecule has 0 aliphatic rings. The number of ether oxygens (including phenoxy) is 2. The van der Waals surface area contributed by atoms with Gasteiger partial charge in [-0.3, -0.25) is 0 Å². The average molecular weight is 317 g/mol. The molecule has 0 aliphatic carbocycles. The summed E-state index contributed by atoms with van der Waals surface area (Å²) in [5.74, 6) is 1.75. The number of aromatic amines is 1. The Hall–Kier alpha value is -2.60. The molecule has 0 atom stereocenters. The van der Waals surface area contributed by atoms with Crippen LogP contribution in [0.3, 0.4) is 0 Å². The molecule has 0 spiro atoms. The summed E-state index contributed by atoms with van der Waals surface area (Å²) in [6.07, 6.45) is 0. The lowest BCUT2D eigenvalue weighted by atomic mass is 10.2. The molecule has 0 amide bonds. The smallest absolute Gasteiger partial charge is 0.204 e. The van der Waals surface area contributed by atoms with Crippen molar-refractivity contribution < 1.29 is 9.47 Å². The third kappa shape index (κ3) is 3.17. The molecule has 112 valence electrons. The molecule has 0 saturated heterocycles. The molecule has 0 unspecified atom stereocenters. The molecule has 2 aromatic carbocycles. The highest BCUT2D eigenvalue weighted by molar-refractivity contribution is 6.30. The minimum absolute atomic E-state index is 0.426. The van der Waals surface area contributed by atoms with Gasteiger partial charge >= 0.3 is 0 Å². The highest BCUT2D eigenvalue weighted by Gasteiger charge is 2.10. The molecule has 1 aromatic heterocycles. The number of rotatable bonds is 5. The van der Waals surface area contributed by atoms with E-state index in [9.17, 15) is 0 Å². The molecule has 0 radical (unpaired) electrons. The first-order valence-electron chi connectivity index (χ1n) is 6.55. The van der Waals surface area contributed by atoms with Crippen LogP contribution in [0.15, 0.2) is 42.5 Å². The molecule has 0 saturated carbocycles. The summed E-state index contributed by atoms with van der Waals surface area (Å²) in [6, 6.07) is 13.0. The standard InChI is InChI=1S/C15H13ClN4O2/c1-21-14-8-11(15-17-19-20-18-15)4-7-13(14)22-9-10-2-5-12(16)6-3-10/h2-8H,9H2,1H3,(H,17,18,19,20). The van der Waals surface area contributed by atoms with Gasteiger partial charge in [-0.2, -0.15) is 5.21 Å². The van der Waals surface area contributed by atoms with Crippen LogP contribution in [-0.4, -0.2) is 27.7 Å². The van der Waals surface area contributed by atoms with E-state index in [0.29, 0.717) is 29.0 Å². The minimum atomic E-state index is 0.426. The first-order chi connectivity index (χ1) is 10.8. The van der Waals surface area contributed by atoms with Crippen LogP contribution < -0.4 is 9.47 Å². The largest absolute Gasteiger partial charge is 0.493 e. The number of halogens is 1. The van der Waals surface area contributed by atoms with Crippen LogP contribution in [0.25, 0.3) is 11.4 Å². The third-order valence-electron chi connectivity index (χ3n) is 3.07. The van der Waals surface area contributed by atoms with Crippen LogP contribution in [0.4, 0.5) is 0 Å². The van der Waals surface area contributed by atoms with Gasteiger partial charge in [0.05, 0.1) is 7.11 Å². The molecule has 1 heterocycles. The fourth-order valence-electron chi connectivity index (χ4n) is 1.95. The zero-order valence-electron chi connectivity index (χ0n) is 11.8. The number of hydrogen-bond donors (Lipinski definition) is 1. The molecule has 22 heavy (non-hydrogen) atoms. The quantitative estimate of drug-likeness (QED) is 0.783. The lowest BCUT2D eigenvalue weighted by Crippen LogP contribution is -1.98. The monoisotopic (exact) mass is 316 g/mol. The summed E-state index contributed by atoms with van der Waals surface area (Å²) >= 11 is 5.86. The predicted octanol–water partition coefficient (Wildman–Crippen LogP) is 3.11. The number of nitrogens with zero attached hydrogens (tertiary/aromatic N) is 3. The molecule has 3 rings (SSSR count). The fourth-order valence-corrected chi connectivity index (χ4v) is 2.08. The third-order valence-corrected chi connectivity index (χ3v) is 3.33. The van der Waals surface area contributed by atoms with Crippen LogP contribution in [0, 0.1) is 0 Å². The number of benzene rings is 2. The van der Waals surface area contributed by atoms with Crippen molar-refractivity contribution >= 4 is 11.6 Å². The van der Waals surface area contributed by atoms with Crippen molar-refractivity contribution in [2.24, 2.45) is 0 Å². The van der Waals surface area contributed by atoms with Crippen molar-refractivity contribution in [1.82, 2.24) is 20.6 Å². The maximum Gasteiger partial charge on any atom is 0.204 e. The lowest BCUT2D eigenvalue weighted by molar-refractivity contribution is 0.284. The number of aromatic nitrogens is 4. The first kappa shape index (κ1) is 14.3. The van der Waals surface area contributed by atoms with Crippen molar-refractivity contribution in [2.75, 3.05) is 7.11 Å². The molecule has 1 N–H and O–H groups in total. The van der Waals surface area contributed by atoms with Gasteiger partial charge < -0.3 is 9.47 Å². The van der Waals surface area contributed by atoms with Gasteiger partial charge in [-0.15, -0.1) is 10.2 Å². The van der Waals surface area contributed by atoms with Gasteiger partial charge in [0.2, 0.25) is 5.82 Å². The van der Waals surface area contributed by atoms with Crippen LogP contribution >= 0.6 is 11.6 Å². The van der Waals surface area contributed by atoms with Gasteiger partial charge in [0.15, 0.2) is 11.5 Å². The number of nitrogens with one attached hydrogen (secondary N) is 1. The van der Waals surface area contributed by atoms with Crippen molar-refractivity contribution in [3.05, 3.63) is 53.1 Å². The summed E-state index contributed by atoms with van der Waals surface area (Å²) in [7, 11) is 1.59. The van der Waals surface area contributed by atoms with E-state index in [1.165, 1.54) is 0 Å². The predicted molar refractivity (Wildman–Crippen MR) is 81.9 cm³/mol. The van der Waals surface area contributed by atoms with E-state index in [1.54, 1.807) is 7.11 Å². The number of H-pyrrole nitrogens is 1. The van der Waals surface area contributed by atoms with E-state index >= 15 is 0 Å². The Balaban J connectivity index is 1.77. The average Bonchev–Trinajstić information content (AvgIpc) is 3.08. The SMILES string of the molecule is COc1cc(-c2nn[nH]n2)ccc1OCc1ccc(Cl)cc1. The Morgan fingerprint density at radius 2 is 1.91 bits per heavy atom. The van der Waals surface area contributed by atoms with Gasteiger partial charge in [-0.05, 0) is 41.1 Å². The fraction of sp³-hybridized carbons (Fsp3) is 0.133. The zero-order chi connectivity index (χ0) is 15.4. The Morgan fingerprint density at radius 3 is 2.59 bits per heavy atom. The molecule has 0 aliphatic heterocycles. The number of hydrogen-bond acceptors (Lipinski definition) is 5. The summed E-state index contributed by atoms with van der Waals surface area (Å²) in [6.45, 7) is 0.426. The first-order valence-corrected chi connectivity index (χ1v) is 6.93. The molecule has 0 bridgehead atoms. The molecular weight excluding hydrogens is 304 g/mol. The second-order valence-electron chi connectivity index (χ2n) is 4.52. The maximum absolute atomic E-state index is 5.86. The second kappa shape index (κ2) is 6.44. The molecule has 7 heteroatoms. The Labute approximate surface area is 132 Å². The highest BCUT2D eigenvalue weighted by Crippen LogP contribution is 2.31. The highest BCUT2D eigenvalue weighted by atomic mass is 35.5. The van der Waals surface area contributed by atoms with Crippen molar-refractivity contribution in [2.45, 2.75) is 6.61 Å². The van der Waals surface area contributed by atoms with Gasteiger partial charge in [0.25, 0.3) is 0 Å². The van der Waals surface area contributed by atoms with Gasteiger partial charge in [-0.1, -0.05) is 23.7 Å². The van der Waals surface area contributed by atoms with E-state index in [1.807, 2.05) is 42.5 Å². The van der Waals surface area contributed by atoms with Crippen LogP contribution in [-0.2, 0) is 6.61 Å². The summed E-state index contributed by atoms with van der Waals surface area (Å²) < 4.78 is 11.2. The minimum Gasteiger partial charge on any atom is -0.493 e. The summed E-state index contributed by atoms with van der Waals surface area (Å²) in [4.78, 5) is 0. The van der Waals surface area contributed by atoms with Gasteiger partial charge in [0, 0.05) is 10.6 Å². The van der Waals surface area contributed by atoms with Crippen LogP contribution in [0.2, 0.25) is 5.02 Å². The van der Waals surface area contributed by atoms with Crippen LogP contribution in [0.5, 0.6) is 11.5 Å². The van der Waals surface area contributed by atoms with E-state index in [4.69, 9.17) is 21.1 Å². The topological polar surface area (TPSA) is 72.9 Å². The van der Waals surface area contributed by atoms with Crippen molar-refractivity contribution in [3.63, 3.8) is 0 Å². The Bertz CT molecular complexity index is 745. The molecule has 6 nitrogen and oxygen atoms in total. The lowest BCUT2D eigenvalue weighted by Gasteiger charge is -2.11. The van der Waals surface area contributed by atoms with E-state index in [2.05, 4.69) is 20.6 Å². The van der Waals surface area contributed by atoms with E-state index in [0.717, 1.165) is 11.1 Å². The molecule has 0 fully saturated rings. The normalized spacial score (nSPS) is 10.5. The summed E-state index contributed by atoms with van der Waals surface area (Å²) in [5, 5.41) is 14.5. The maximum atomic E-state index is 5.86. The second-order valence-corrected chi connectivity index (χ2v) is 4.95. The van der Waals surface area contributed by atoms with Gasteiger partial charge in [-0.25, -0.2) is 0 Å².